The van der Waals surface area contributed by atoms with Gasteiger partial charge in [0.1, 0.15) is 17.4 Å². The molecule has 21 heavy (non-hydrogen) atoms. The zero-order valence-electron chi connectivity index (χ0n) is 11.1. The number of hydrogen-bond donors (Lipinski definition) is 2. The van der Waals surface area contributed by atoms with Gasteiger partial charge in [-0.3, -0.25) is 4.79 Å². The zero-order valence-corrected chi connectivity index (χ0v) is 11.9. The minimum absolute atomic E-state index is 0.267. The third-order valence-corrected chi connectivity index (χ3v) is 3.97. The average molecular weight is 299 g/mol. The minimum Gasteiger partial charge on any atom is -0.486 e. The van der Waals surface area contributed by atoms with Crippen molar-refractivity contribution in [3.63, 3.8) is 0 Å². The van der Waals surface area contributed by atoms with Crippen LogP contribution in [0.5, 0.6) is 5.75 Å². The number of rotatable bonds is 4. The molecule has 0 radical (unpaired) electrons. The summed E-state index contributed by atoms with van der Waals surface area (Å²) in [7, 11) is 0. The van der Waals surface area contributed by atoms with Gasteiger partial charge in [0.2, 0.25) is 0 Å². The molecule has 0 aliphatic heterocycles. The number of hydrogen-bond acceptors (Lipinski definition) is 5. The van der Waals surface area contributed by atoms with Gasteiger partial charge < -0.3 is 16.2 Å². The number of nitrogens with two attached hydrogens (primary N) is 2. The van der Waals surface area contributed by atoms with Crippen LogP contribution in [0.4, 0.5) is 5.69 Å². The lowest BCUT2D eigenvalue weighted by atomic mass is 10.2. The Morgan fingerprint density at radius 3 is 2.81 bits per heavy atom. The fourth-order valence-electron chi connectivity index (χ4n) is 1.98. The molecule has 1 amide bonds. The van der Waals surface area contributed by atoms with Crippen molar-refractivity contribution >= 4 is 33.1 Å². The van der Waals surface area contributed by atoms with E-state index in [1.807, 2.05) is 24.3 Å². The van der Waals surface area contributed by atoms with Crippen molar-refractivity contribution in [1.82, 2.24) is 4.98 Å². The predicted molar refractivity (Wildman–Crippen MR) is 83.3 cm³/mol. The average Bonchev–Trinajstić information content (AvgIpc) is 2.87. The van der Waals surface area contributed by atoms with Crippen molar-refractivity contribution in [1.29, 1.82) is 0 Å². The van der Waals surface area contributed by atoms with Crippen molar-refractivity contribution in [2.45, 2.75) is 6.61 Å². The van der Waals surface area contributed by atoms with E-state index in [9.17, 15) is 4.79 Å². The summed E-state index contributed by atoms with van der Waals surface area (Å²) in [5.74, 6) is -0.170. The van der Waals surface area contributed by atoms with Crippen molar-refractivity contribution in [2.24, 2.45) is 5.73 Å². The van der Waals surface area contributed by atoms with E-state index in [1.54, 1.807) is 29.5 Å². The highest BCUT2D eigenvalue weighted by Crippen LogP contribution is 2.25. The van der Waals surface area contributed by atoms with Gasteiger partial charge in [-0.2, -0.15) is 0 Å². The van der Waals surface area contributed by atoms with E-state index in [0.29, 0.717) is 17.0 Å². The van der Waals surface area contributed by atoms with E-state index < -0.39 is 5.91 Å². The second-order valence-corrected chi connectivity index (χ2v) is 5.60. The first-order valence-electron chi connectivity index (χ1n) is 6.30. The second-order valence-electron chi connectivity index (χ2n) is 4.48. The number of amides is 1. The van der Waals surface area contributed by atoms with E-state index >= 15 is 0 Å². The highest BCUT2D eigenvalue weighted by molar-refractivity contribution is 7.18. The maximum absolute atomic E-state index is 11.4. The molecular formula is C15H13N3O2S. The number of carbonyl (C=O) groups excluding carboxylic acids is 1. The Morgan fingerprint density at radius 1 is 1.24 bits per heavy atom. The predicted octanol–water partition coefficient (Wildman–Crippen LogP) is 2.56. The second kappa shape index (κ2) is 5.41. The Balaban J connectivity index is 1.84. The zero-order chi connectivity index (χ0) is 14.8. The maximum Gasteiger partial charge on any atom is 0.252 e. The van der Waals surface area contributed by atoms with E-state index in [4.69, 9.17) is 16.2 Å². The van der Waals surface area contributed by atoms with Crippen LogP contribution in [0.1, 0.15) is 15.4 Å². The van der Waals surface area contributed by atoms with Crippen molar-refractivity contribution < 1.29 is 9.53 Å². The summed E-state index contributed by atoms with van der Waals surface area (Å²) in [5.41, 5.74) is 12.8. The summed E-state index contributed by atoms with van der Waals surface area (Å²) in [6.07, 6.45) is 0. The van der Waals surface area contributed by atoms with Crippen LogP contribution in [0, 0.1) is 0 Å². The van der Waals surface area contributed by atoms with Crippen LogP contribution in [0.15, 0.2) is 42.5 Å². The lowest BCUT2D eigenvalue weighted by Gasteiger charge is -2.08. The number of anilines is 1. The lowest BCUT2D eigenvalue weighted by molar-refractivity contribution is 0.0996. The monoisotopic (exact) mass is 299 g/mol. The molecule has 5 nitrogen and oxygen atoms in total. The molecule has 0 fully saturated rings. The van der Waals surface area contributed by atoms with Crippen LogP contribution in [-0.2, 0) is 6.61 Å². The Labute approximate surface area is 125 Å². The van der Waals surface area contributed by atoms with Crippen molar-refractivity contribution in [2.75, 3.05) is 5.73 Å². The van der Waals surface area contributed by atoms with Crippen LogP contribution in [0.25, 0.3) is 10.2 Å². The van der Waals surface area contributed by atoms with Crippen LogP contribution < -0.4 is 16.2 Å². The number of nitrogens with zero attached hydrogens (tertiary/aromatic N) is 1. The lowest BCUT2D eigenvalue weighted by Crippen LogP contribution is -2.13. The van der Waals surface area contributed by atoms with Gasteiger partial charge in [0, 0.05) is 11.8 Å². The Bertz CT molecular complexity index is 781. The first kappa shape index (κ1) is 13.4. The number of primary amides is 1. The summed E-state index contributed by atoms with van der Waals surface area (Å²) >= 11 is 1.55. The standard InChI is InChI=1S/C15H13N3O2S/c16-9-5-6-10(15(17)19)12(7-9)20-8-14-18-11-3-1-2-4-13(11)21-14/h1-7H,8,16H2,(H2,17,19). The van der Waals surface area contributed by atoms with Crippen LogP contribution in [0.2, 0.25) is 0 Å². The number of benzene rings is 2. The molecule has 3 rings (SSSR count). The van der Waals surface area contributed by atoms with Crippen LogP contribution in [-0.4, -0.2) is 10.9 Å². The summed E-state index contributed by atoms with van der Waals surface area (Å²) in [6, 6.07) is 12.6. The summed E-state index contributed by atoms with van der Waals surface area (Å²) in [5, 5.41) is 0.828. The van der Waals surface area contributed by atoms with E-state index in [-0.39, 0.29) is 6.61 Å². The SMILES string of the molecule is NC(=O)c1ccc(N)cc1OCc1nc2ccccc2s1. The van der Waals surface area contributed by atoms with Crippen LogP contribution in [0.3, 0.4) is 0 Å². The minimum atomic E-state index is -0.547. The smallest absolute Gasteiger partial charge is 0.252 e. The van der Waals surface area contributed by atoms with Crippen molar-refractivity contribution in [3.05, 3.63) is 53.0 Å². The molecule has 0 aliphatic rings. The molecule has 106 valence electrons. The van der Waals surface area contributed by atoms with E-state index in [0.717, 1.165) is 15.2 Å². The molecular weight excluding hydrogens is 286 g/mol. The number of para-hydroxylation sites is 1. The number of thiazole rings is 1. The largest absolute Gasteiger partial charge is 0.486 e. The molecule has 2 aromatic carbocycles. The van der Waals surface area contributed by atoms with Gasteiger partial charge in [0.25, 0.3) is 5.91 Å². The summed E-state index contributed by atoms with van der Waals surface area (Å²) in [6.45, 7) is 0.267. The third-order valence-electron chi connectivity index (χ3n) is 2.96. The van der Waals surface area contributed by atoms with Gasteiger partial charge in [0.05, 0.1) is 15.8 Å². The Hall–Kier alpha value is -2.60. The molecule has 1 aromatic heterocycles. The van der Waals surface area contributed by atoms with Crippen LogP contribution >= 0.6 is 11.3 Å². The molecule has 0 aliphatic carbocycles. The van der Waals surface area contributed by atoms with Gasteiger partial charge in [-0.25, -0.2) is 4.98 Å². The Morgan fingerprint density at radius 2 is 2.05 bits per heavy atom. The maximum atomic E-state index is 11.4. The summed E-state index contributed by atoms with van der Waals surface area (Å²) in [4.78, 5) is 15.8. The molecule has 0 saturated heterocycles. The fourth-order valence-corrected chi connectivity index (χ4v) is 2.86. The number of nitrogen functional groups attached to an aromatic ring is 1. The molecule has 0 saturated carbocycles. The number of ether oxygens (including phenoxy) is 1. The molecule has 0 bridgehead atoms. The van der Waals surface area contributed by atoms with Gasteiger partial charge >= 0.3 is 0 Å². The third kappa shape index (κ3) is 2.80. The van der Waals surface area contributed by atoms with Gasteiger partial charge in [0.15, 0.2) is 0 Å². The molecule has 4 N–H and O–H groups in total. The van der Waals surface area contributed by atoms with Gasteiger partial charge in [-0.1, -0.05) is 12.1 Å². The molecule has 3 aromatic rings. The fraction of sp³-hybridized carbons (Fsp3) is 0.0667. The molecule has 6 heteroatoms. The van der Waals surface area contributed by atoms with Gasteiger partial charge in [-0.05, 0) is 24.3 Å². The number of fused-ring (bicyclic) bond motifs is 1. The number of carbonyl (C=O) groups is 1. The highest BCUT2D eigenvalue weighted by Gasteiger charge is 2.11. The molecule has 0 spiro atoms. The molecule has 0 atom stereocenters. The van der Waals surface area contributed by atoms with E-state index in [2.05, 4.69) is 4.98 Å². The van der Waals surface area contributed by atoms with E-state index in [1.165, 1.54) is 0 Å². The molecule has 0 unspecified atom stereocenters. The quantitative estimate of drug-likeness (QED) is 0.724. The molecule has 1 heterocycles. The number of aromatic nitrogens is 1. The topological polar surface area (TPSA) is 91.2 Å². The first-order chi connectivity index (χ1) is 10.1. The Kier molecular flexibility index (Phi) is 3.45. The van der Waals surface area contributed by atoms with Gasteiger partial charge in [-0.15, -0.1) is 11.3 Å². The summed E-state index contributed by atoms with van der Waals surface area (Å²) < 4.78 is 6.76. The normalized spacial score (nSPS) is 10.7. The van der Waals surface area contributed by atoms with Crippen molar-refractivity contribution in [3.8, 4) is 5.75 Å². The highest BCUT2D eigenvalue weighted by atomic mass is 32.1. The first-order valence-corrected chi connectivity index (χ1v) is 7.12.